The lowest BCUT2D eigenvalue weighted by Crippen LogP contribution is -2.21. The summed E-state index contributed by atoms with van der Waals surface area (Å²) in [5.74, 6) is -3.37. The van der Waals surface area contributed by atoms with Gasteiger partial charge in [0, 0.05) is 18.3 Å². The molecule has 6 nitrogen and oxygen atoms in total. The quantitative estimate of drug-likeness (QED) is 0.572. The number of nitrogens with zero attached hydrogens (tertiary/aromatic N) is 3. The molecule has 0 saturated carbocycles. The first-order valence-corrected chi connectivity index (χ1v) is 8.06. The average molecular weight is 375 g/mol. The Kier molecular flexibility index (Phi) is 5.51. The molecule has 1 aromatic carbocycles. The highest BCUT2D eigenvalue weighted by Crippen LogP contribution is 2.27. The molecule has 0 fully saturated rings. The number of aliphatic hydroxyl groups is 1. The number of anilines is 3. The third-order valence-electron chi connectivity index (χ3n) is 3.60. The number of nitrogens with one attached hydrogen (secondary N) is 2. The number of benzene rings is 1. The van der Waals surface area contributed by atoms with E-state index < -0.39 is 23.1 Å². The predicted octanol–water partition coefficient (Wildman–Crippen LogP) is 3.49. The van der Waals surface area contributed by atoms with Crippen LogP contribution >= 0.6 is 0 Å². The predicted molar refractivity (Wildman–Crippen MR) is 95.0 cm³/mol. The Bertz CT molecular complexity index is 940. The first-order chi connectivity index (χ1) is 13.0. The molecular formula is C18H16F3N5O. The Hall–Kier alpha value is -3.20. The van der Waals surface area contributed by atoms with E-state index in [4.69, 9.17) is 0 Å². The third-order valence-corrected chi connectivity index (χ3v) is 3.60. The van der Waals surface area contributed by atoms with Crippen LogP contribution in [0.2, 0.25) is 0 Å². The van der Waals surface area contributed by atoms with Gasteiger partial charge in [0.2, 0.25) is 5.95 Å². The van der Waals surface area contributed by atoms with Gasteiger partial charge in [-0.05, 0) is 31.2 Å². The lowest BCUT2D eigenvalue weighted by molar-refractivity contribution is 0.281. The SMILES string of the molecule is C[C@H](CO)Nc1nc(Nc2c(F)ccc(F)c2F)cc(-c2ccccn2)n1. The molecule has 0 saturated heterocycles. The second-order valence-electron chi connectivity index (χ2n) is 5.75. The Morgan fingerprint density at radius 3 is 2.52 bits per heavy atom. The normalized spacial score (nSPS) is 11.9. The molecule has 140 valence electrons. The monoisotopic (exact) mass is 375 g/mol. The molecule has 0 spiro atoms. The van der Waals surface area contributed by atoms with Crippen molar-refractivity contribution in [2.24, 2.45) is 0 Å². The maximum Gasteiger partial charge on any atom is 0.225 e. The van der Waals surface area contributed by atoms with Gasteiger partial charge in [-0.15, -0.1) is 0 Å². The minimum atomic E-state index is -1.36. The van der Waals surface area contributed by atoms with Crippen LogP contribution in [0, 0.1) is 17.5 Å². The Morgan fingerprint density at radius 2 is 1.81 bits per heavy atom. The summed E-state index contributed by atoms with van der Waals surface area (Å²) in [5.41, 5.74) is 0.211. The molecule has 2 aromatic heterocycles. The zero-order chi connectivity index (χ0) is 19.4. The van der Waals surface area contributed by atoms with E-state index in [1.807, 2.05) is 0 Å². The molecule has 0 aliphatic carbocycles. The molecule has 2 heterocycles. The first-order valence-electron chi connectivity index (χ1n) is 8.06. The van der Waals surface area contributed by atoms with Crippen molar-refractivity contribution < 1.29 is 18.3 Å². The molecule has 3 aromatic rings. The summed E-state index contributed by atoms with van der Waals surface area (Å²) in [4.78, 5) is 12.6. The lowest BCUT2D eigenvalue weighted by atomic mass is 10.2. The van der Waals surface area contributed by atoms with E-state index in [0.717, 1.165) is 6.07 Å². The Balaban J connectivity index is 2.04. The number of pyridine rings is 1. The molecule has 27 heavy (non-hydrogen) atoms. The van der Waals surface area contributed by atoms with Crippen molar-refractivity contribution in [1.82, 2.24) is 15.0 Å². The summed E-state index contributed by atoms with van der Waals surface area (Å²) >= 11 is 0. The third kappa shape index (κ3) is 4.32. The second kappa shape index (κ2) is 8.00. The molecule has 1 atom stereocenters. The van der Waals surface area contributed by atoms with Gasteiger partial charge in [0.1, 0.15) is 17.3 Å². The topological polar surface area (TPSA) is 83.0 Å². The standard InChI is InChI=1S/C18H16F3N5O/c1-10(9-27)23-18-24-14(13-4-2-3-7-22-13)8-15(26-18)25-17-12(20)6-5-11(19)16(17)21/h2-8,10,27H,9H2,1H3,(H2,23,24,25,26)/t10-/m1/s1. The lowest BCUT2D eigenvalue weighted by Gasteiger charge is -2.14. The van der Waals surface area contributed by atoms with Gasteiger partial charge in [-0.25, -0.2) is 18.2 Å². The van der Waals surface area contributed by atoms with Crippen molar-refractivity contribution in [3.8, 4) is 11.4 Å². The van der Waals surface area contributed by atoms with E-state index in [1.54, 1.807) is 31.3 Å². The highest BCUT2D eigenvalue weighted by molar-refractivity contribution is 5.65. The van der Waals surface area contributed by atoms with E-state index >= 15 is 0 Å². The molecule has 3 rings (SSSR count). The van der Waals surface area contributed by atoms with Crippen molar-refractivity contribution in [3.05, 3.63) is 60.0 Å². The van der Waals surface area contributed by atoms with Gasteiger partial charge >= 0.3 is 0 Å². The molecule has 0 bridgehead atoms. The number of aromatic nitrogens is 3. The average Bonchev–Trinajstić information content (AvgIpc) is 2.68. The smallest absolute Gasteiger partial charge is 0.225 e. The second-order valence-corrected chi connectivity index (χ2v) is 5.75. The van der Waals surface area contributed by atoms with Crippen LogP contribution < -0.4 is 10.6 Å². The van der Waals surface area contributed by atoms with Crippen LogP contribution in [-0.4, -0.2) is 32.7 Å². The zero-order valence-corrected chi connectivity index (χ0v) is 14.2. The summed E-state index contributed by atoms with van der Waals surface area (Å²) in [5, 5.41) is 14.5. The molecule has 0 amide bonds. The maximum absolute atomic E-state index is 14.0. The van der Waals surface area contributed by atoms with Crippen molar-refractivity contribution in [3.63, 3.8) is 0 Å². The summed E-state index contributed by atoms with van der Waals surface area (Å²) in [6.07, 6.45) is 1.57. The maximum atomic E-state index is 14.0. The van der Waals surface area contributed by atoms with Gasteiger partial charge < -0.3 is 15.7 Å². The zero-order valence-electron chi connectivity index (χ0n) is 14.2. The minimum Gasteiger partial charge on any atom is -0.394 e. The van der Waals surface area contributed by atoms with Crippen molar-refractivity contribution in [2.75, 3.05) is 17.2 Å². The van der Waals surface area contributed by atoms with Crippen LogP contribution in [0.4, 0.5) is 30.6 Å². The fraction of sp³-hybridized carbons (Fsp3) is 0.167. The van der Waals surface area contributed by atoms with E-state index in [9.17, 15) is 18.3 Å². The number of aliphatic hydroxyl groups excluding tert-OH is 1. The molecule has 0 unspecified atom stereocenters. The molecule has 3 N–H and O–H groups in total. The fourth-order valence-corrected chi connectivity index (χ4v) is 2.26. The number of rotatable bonds is 6. The molecular weight excluding hydrogens is 359 g/mol. The minimum absolute atomic E-state index is 0.0293. The first kappa shape index (κ1) is 18.6. The number of halogens is 3. The number of hydrogen-bond acceptors (Lipinski definition) is 6. The van der Waals surface area contributed by atoms with Gasteiger partial charge in [0.05, 0.1) is 18.0 Å². The molecule has 0 aliphatic heterocycles. The van der Waals surface area contributed by atoms with Gasteiger partial charge in [0.25, 0.3) is 0 Å². The summed E-state index contributed by atoms with van der Waals surface area (Å²) in [6, 6.07) is 7.77. The van der Waals surface area contributed by atoms with E-state index in [2.05, 4.69) is 25.6 Å². The highest BCUT2D eigenvalue weighted by atomic mass is 19.2. The van der Waals surface area contributed by atoms with E-state index in [1.165, 1.54) is 6.07 Å². The highest BCUT2D eigenvalue weighted by Gasteiger charge is 2.16. The van der Waals surface area contributed by atoms with Gasteiger partial charge in [-0.2, -0.15) is 4.98 Å². The van der Waals surface area contributed by atoms with Crippen LogP contribution in [0.1, 0.15) is 6.92 Å². The summed E-state index contributed by atoms with van der Waals surface area (Å²) < 4.78 is 41.3. The number of hydrogen-bond donors (Lipinski definition) is 3. The van der Waals surface area contributed by atoms with Gasteiger partial charge in [-0.3, -0.25) is 4.98 Å². The molecule has 0 radical (unpaired) electrons. The largest absolute Gasteiger partial charge is 0.394 e. The van der Waals surface area contributed by atoms with Gasteiger partial charge in [0.15, 0.2) is 11.6 Å². The van der Waals surface area contributed by atoms with Crippen LogP contribution in [0.5, 0.6) is 0 Å². The van der Waals surface area contributed by atoms with Crippen molar-refractivity contribution >= 4 is 17.5 Å². The van der Waals surface area contributed by atoms with Gasteiger partial charge in [-0.1, -0.05) is 6.07 Å². The van der Waals surface area contributed by atoms with Crippen LogP contribution in [-0.2, 0) is 0 Å². The summed E-state index contributed by atoms with van der Waals surface area (Å²) in [6.45, 7) is 1.53. The Morgan fingerprint density at radius 1 is 1.04 bits per heavy atom. The summed E-state index contributed by atoms with van der Waals surface area (Å²) in [7, 11) is 0. The van der Waals surface area contributed by atoms with Crippen molar-refractivity contribution in [1.29, 1.82) is 0 Å². The molecule has 9 heteroatoms. The van der Waals surface area contributed by atoms with Crippen molar-refractivity contribution in [2.45, 2.75) is 13.0 Å². The van der Waals surface area contributed by atoms with Crippen LogP contribution in [0.25, 0.3) is 11.4 Å². The van der Waals surface area contributed by atoms with E-state index in [-0.39, 0.29) is 24.4 Å². The van der Waals surface area contributed by atoms with E-state index in [0.29, 0.717) is 17.5 Å². The Labute approximate surface area is 153 Å². The van der Waals surface area contributed by atoms with Crippen LogP contribution in [0.3, 0.4) is 0 Å². The van der Waals surface area contributed by atoms with Crippen LogP contribution in [0.15, 0.2) is 42.6 Å². The fourth-order valence-electron chi connectivity index (χ4n) is 2.26. The molecule has 0 aliphatic rings.